The molecule has 1 aliphatic carbocycles. The van der Waals surface area contributed by atoms with E-state index < -0.39 is 0 Å². The SMILES string of the molecule is OC[C@@]12CCC[C@@H]1O2. The second-order valence-corrected chi connectivity index (χ2v) is 2.72. The molecule has 8 heavy (non-hydrogen) atoms. The van der Waals surface area contributed by atoms with Crippen LogP contribution in [0.5, 0.6) is 0 Å². The zero-order chi connectivity index (χ0) is 5.61. The van der Waals surface area contributed by atoms with Gasteiger partial charge in [0, 0.05) is 0 Å². The van der Waals surface area contributed by atoms with Crippen LogP contribution in [0, 0.1) is 0 Å². The number of aliphatic hydroxyl groups excluding tert-OH is 1. The molecule has 2 aliphatic rings. The molecule has 0 spiro atoms. The van der Waals surface area contributed by atoms with E-state index in [0.717, 1.165) is 6.42 Å². The predicted molar refractivity (Wildman–Crippen MR) is 28.5 cm³/mol. The minimum Gasteiger partial charge on any atom is -0.393 e. The topological polar surface area (TPSA) is 32.8 Å². The third kappa shape index (κ3) is 0.400. The van der Waals surface area contributed by atoms with E-state index in [9.17, 15) is 0 Å². The van der Waals surface area contributed by atoms with E-state index in [4.69, 9.17) is 9.84 Å². The summed E-state index contributed by atoms with van der Waals surface area (Å²) in [7, 11) is 0. The lowest BCUT2D eigenvalue weighted by Crippen LogP contribution is -2.14. The van der Waals surface area contributed by atoms with Gasteiger partial charge in [0.25, 0.3) is 0 Å². The van der Waals surface area contributed by atoms with E-state index in [1.165, 1.54) is 12.8 Å². The maximum Gasteiger partial charge on any atom is 0.118 e. The van der Waals surface area contributed by atoms with E-state index in [1.54, 1.807) is 0 Å². The van der Waals surface area contributed by atoms with Crippen LogP contribution < -0.4 is 0 Å². The number of epoxide rings is 1. The molecule has 1 saturated heterocycles. The summed E-state index contributed by atoms with van der Waals surface area (Å²) in [6.07, 6.45) is 3.91. The molecule has 0 aromatic heterocycles. The Balaban J connectivity index is 2.08. The van der Waals surface area contributed by atoms with Gasteiger partial charge in [0.2, 0.25) is 0 Å². The van der Waals surface area contributed by atoms with Gasteiger partial charge in [-0.25, -0.2) is 0 Å². The molecule has 0 radical (unpaired) electrons. The third-order valence-corrected chi connectivity index (χ3v) is 2.24. The van der Waals surface area contributed by atoms with Crippen LogP contribution in [-0.2, 0) is 4.74 Å². The van der Waals surface area contributed by atoms with Crippen LogP contribution in [0.1, 0.15) is 19.3 Å². The van der Waals surface area contributed by atoms with Gasteiger partial charge in [0.1, 0.15) is 5.60 Å². The molecule has 2 rings (SSSR count). The highest BCUT2D eigenvalue weighted by Crippen LogP contribution is 2.49. The Labute approximate surface area is 48.5 Å². The highest BCUT2D eigenvalue weighted by molar-refractivity contribution is 5.06. The van der Waals surface area contributed by atoms with Crippen molar-refractivity contribution in [2.45, 2.75) is 31.0 Å². The summed E-state index contributed by atoms with van der Waals surface area (Å²) in [4.78, 5) is 0. The molecular weight excluding hydrogens is 104 g/mol. The minimum atomic E-state index is -0.0417. The minimum absolute atomic E-state index is 0.0417. The monoisotopic (exact) mass is 114 g/mol. The summed E-state index contributed by atoms with van der Waals surface area (Å²) in [5, 5.41) is 8.74. The van der Waals surface area contributed by atoms with Crippen molar-refractivity contribution in [2.24, 2.45) is 0 Å². The highest BCUT2D eigenvalue weighted by atomic mass is 16.6. The quantitative estimate of drug-likeness (QED) is 0.497. The molecule has 0 unspecified atom stereocenters. The molecule has 1 aliphatic heterocycles. The third-order valence-electron chi connectivity index (χ3n) is 2.24. The van der Waals surface area contributed by atoms with Crippen LogP contribution in [0.2, 0.25) is 0 Å². The first kappa shape index (κ1) is 4.77. The number of fused-ring (bicyclic) bond motifs is 1. The van der Waals surface area contributed by atoms with E-state index in [1.807, 2.05) is 0 Å². The van der Waals surface area contributed by atoms with Gasteiger partial charge in [0.05, 0.1) is 12.7 Å². The fraction of sp³-hybridized carbons (Fsp3) is 1.00. The standard InChI is InChI=1S/C6H10O2/c7-4-6-3-1-2-5(6)8-6/h5,7H,1-4H2/t5-,6-/m0/s1. The molecule has 0 aromatic rings. The van der Waals surface area contributed by atoms with Gasteiger partial charge < -0.3 is 9.84 Å². The molecule has 1 saturated carbocycles. The molecule has 2 nitrogen and oxygen atoms in total. The van der Waals surface area contributed by atoms with Gasteiger partial charge in [-0.3, -0.25) is 0 Å². The Kier molecular flexibility index (Phi) is 0.746. The highest BCUT2D eigenvalue weighted by Gasteiger charge is 2.58. The van der Waals surface area contributed by atoms with Crippen molar-refractivity contribution in [3.05, 3.63) is 0 Å². The van der Waals surface area contributed by atoms with Crippen LogP contribution in [0.3, 0.4) is 0 Å². The summed E-state index contributed by atoms with van der Waals surface area (Å²) in [6, 6.07) is 0. The van der Waals surface area contributed by atoms with Crippen molar-refractivity contribution in [2.75, 3.05) is 6.61 Å². The number of aliphatic hydroxyl groups is 1. The average molecular weight is 114 g/mol. The van der Waals surface area contributed by atoms with E-state index in [-0.39, 0.29) is 12.2 Å². The molecule has 1 N–H and O–H groups in total. The molecular formula is C6H10O2. The molecule has 0 amide bonds. The van der Waals surface area contributed by atoms with Crippen LogP contribution >= 0.6 is 0 Å². The van der Waals surface area contributed by atoms with Crippen molar-refractivity contribution < 1.29 is 9.84 Å². The first-order valence-electron chi connectivity index (χ1n) is 3.16. The lowest BCUT2D eigenvalue weighted by molar-refractivity contribution is 0.157. The van der Waals surface area contributed by atoms with Gasteiger partial charge in [-0.05, 0) is 19.3 Å². The predicted octanol–water partition coefficient (Wildman–Crippen LogP) is 0.300. The number of hydrogen-bond acceptors (Lipinski definition) is 2. The Hall–Kier alpha value is -0.0800. The van der Waals surface area contributed by atoms with Crippen LogP contribution in [0.4, 0.5) is 0 Å². The van der Waals surface area contributed by atoms with Crippen LogP contribution in [0.25, 0.3) is 0 Å². The summed E-state index contributed by atoms with van der Waals surface area (Å²) in [5.41, 5.74) is -0.0417. The first-order chi connectivity index (χ1) is 3.87. The molecule has 2 heteroatoms. The van der Waals surface area contributed by atoms with E-state index in [2.05, 4.69) is 0 Å². The molecule has 0 aromatic carbocycles. The summed E-state index contributed by atoms with van der Waals surface area (Å²) in [5.74, 6) is 0. The summed E-state index contributed by atoms with van der Waals surface area (Å²) >= 11 is 0. The number of hydrogen-bond donors (Lipinski definition) is 1. The van der Waals surface area contributed by atoms with Crippen molar-refractivity contribution in [3.8, 4) is 0 Å². The lowest BCUT2D eigenvalue weighted by Gasteiger charge is -1.99. The van der Waals surface area contributed by atoms with E-state index >= 15 is 0 Å². The summed E-state index contributed by atoms with van der Waals surface area (Å²) < 4.78 is 5.24. The molecule has 0 bridgehead atoms. The zero-order valence-corrected chi connectivity index (χ0v) is 4.76. The van der Waals surface area contributed by atoms with Crippen molar-refractivity contribution in [1.82, 2.24) is 0 Å². The molecule has 2 atom stereocenters. The van der Waals surface area contributed by atoms with E-state index in [0.29, 0.717) is 6.10 Å². The fourth-order valence-electron chi connectivity index (χ4n) is 1.60. The van der Waals surface area contributed by atoms with Crippen molar-refractivity contribution >= 4 is 0 Å². The number of rotatable bonds is 1. The Morgan fingerprint density at radius 2 is 2.62 bits per heavy atom. The van der Waals surface area contributed by atoms with Gasteiger partial charge in [-0.15, -0.1) is 0 Å². The first-order valence-corrected chi connectivity index (χ1v) is 3.16. The lowest BCUT2D eigenvalue weighted by atomic mass is 10.1. The van der Waals surface area contributed by atoms with Crippen molar-refractivity contribution in [1.29, 1.82) is 0 Å². The molecule has 2 fully saturated rings. The maximum absolute atomic E-state index is 8.74. The maximum atomic E-state index is 8.74. The van der Waals surface area contributed by atoms with Crippen molar-refractivity contribution in [3.63, 3.8) is 0 Å². The smallest absolute Gasteiger partial charge is 0.118 e. The van der Waals surface area contributed by atoms with Crippen LogP contribution in [-0.4, -0.2) is 23.4 Å². The molecule has 46 valence electrons. The Morgan fingerprint density at radius 3 is 2.88 bits per heavy atom. The Morgan fingerprint density at radius 1 is 1.75 bits per heavy atom. The largest absolute Gasteiger partial charge is 0.393 e. The molecule has 1 heterocycles. The zero-order valence-electron chi connectivity index (χ0n) is 4.76. The van der Waals surface area contributed by atoms with Gasteiger partial charge in [0.15, 0.2) is 0 Å². The second-order valence-electron chi connectivity index (χ2n) is 2.72. The number of ether oxygens (including phenoxy) is 1. The van der Waals surface area contributed by atoms with Gasteiger partial charge in [-0.1, -0.05) is 0 Å². The normalized spacial score (nSPS) is 51.4. The Bertz CT molecular complexity index is 109. The van der Waals surface area contributed by atoms with Gasteiger partial charge in [-0.2, -0.15) is 0 Å². The fourth-order valence-corrected chi connectivity index (χ4v) is 1.60. The van der Waals surface area contributed by atoms with Crippen LogP contribution in [0.15, 0.2) is 0 Å². The van der Waals surface area contributed by atoms with Gasteiger partial charge >= 0.3 is 0 Å². The summed E-state index contributed by atoms with van der Waals surface area (Å²) in [6.45, 7) is 0.234. The second kappa shape index (κ2) is 1.25. The average Bonchev–Trinajstić information content (AvgIpc) is 2.38.